The fraction of sp³-hybridized carbons (Fsp3) is 1.00. The molecule has 1 saturated heterocycles. The smallest absolute Gasteiger partial charge is 0.255 e. The van der Waals surface area contributed by atoms with Gasteiger partial charge in [-0.1, -0.05) is 13.3 Å². The molecule has 0 aromatic carbocycles. The molecule has 0 radical (unpaired) electrons. The molecule has 1 atom stereocenters. The fourth-order valence-corrected chi connectivity index (χ4v) is 2.99. The summed E-state index contributed by atoms with van der Waals surface area (Å²) in [6.07, 6.45) is 2.31. The van der Waals surface area contributed by atoms with Crippen LogP contribution in [0.3, 0.4) is 0 Å². The molecule has 1 N–H and O–H groups in total. The van der Waals surface area contributed by atoms with Gasteiger partial charge in [-0.15, -0.1) is 0 Å². The Morgan fingerprint density at radius 2 is 2.15 bits per heavy atom. The summed E-state index contributed by atoms with van der Waals surface area (Å²) in [4.78, 5) is 0. The van der Waals surface area contributed by atoms with Crippen molar-refractivity contribution in [2.24, 2.45) is 0 Å². The summed E-state index contributed by atoms with van der Waals surface area (Å²) in [7, 11) is -3.51. The summed E-state index contributed by atoms with van der Waals surface area (Å²) in [6.45, 7) is 5.76. The molecule has 1 heterocycles. The number of nitrogens with one attached hydrogen (secondary N) is 1. The van der Waals surface area contributed by atoms with Gasteiger partial charge in [0, 0.05) is 5.54 Å². The maximum Gasteiger partial charge on any atom is 0.336 e. The van der Waals surface area contributed by atoms with Crippen molar-refractivity contribution in [3.05, 3.63) is 0 Å². The van der Waals surface area contributed by atoms with E-state index in [1.165, 1.54) is 0 Å². The van der Waals surface area contributed by atoms with E-state index in [0.717, 1.165) is 19.3 Å². The molecule has 1 fully saturated rings. The van der Waals surface area contributed by atoms with E-state index in [1.54, 1.807) is 0 Å². The van der Waals surface area contributed by atoms with Gasteiger partial charge in [-0.25, -0.2) is 0 Å². The minimum atomic E-state index is -3.51. The van der Waals surface area contributed by atoms with Gasteiger partial charge < -0.3 is 0 Å². The fourth-order valence-electron chi connectivity index (χ4n) is 1.66. The van der Waals surface area contributed by atoms with E-state index in [2.05, 4.69) is 4.72 Å². The lowest BCUT2D eigenvalue weighted by Crippen LogP contribution is -2.52. The van der Waals surface area contributed by atoms with Crippen molar-refractivity contribution >= 4 is 10.3 Å². The van der Waals surface area contributed by atoms with E-state index in [0.29, 0.717) is 0 Å². The van der Waals surface area contributed by atoms with Crippen molar-refractivity contribution in [1.29, 1.82) is 0 Å². The first-order valence-corrected chi connectivity index (χ1v) is 5.98. The van der Waals surface area contributed by atoms with Crippen LogP contribution in [0.1, 0.15) is 40.0 Å². The first kappa shape index (κ1) is 10.9. The van der Waals surface area contributed by atoms with Gasteiger partial charge in [-0.2, -0.15) is 13.1 Å². The molecule has 0 amide bonds. The molecule has 0 saturated carbocycles. The van der Waals surface area contributed by atoms with Crippen LogP contribution in [0.2, 0.25) is 0 Å². The molecule has 0 spiro atoms. The summed E-state index contributed by atoms with van der Waals surface area (Å²) in [5.74, 6) is 0. The average molecular weight is 207 g/mol. The second-order valence-corrected chi connectivity index (χ2v) is 5.46. The molecule has 4 nitrogen and oxygen atoms in total. The lowest BCUT2D eigenvalue weighted by Gasteiger charge is -2.35. The summed E-state index contributed by atoms with van der Waals surface area (Å²) in [5.41, 5.74) is -0.378. The van der Waals surface area contributed by atoms with Gasteiger partial charge in [0.15, 0.2) is 0 Å². The SMILES string of the molecule is CCC[C@@H]1CC(C)(C)NS(=O)(=O)O1. The molecule has 1 aliphatic heterocycles. The molecular formula is C8H17NO3S. The van der Waals surface area contributed by atoms with Crippen LogP contribution in [0.15, 0.2) is 0 Å². The Hall–Kier alpha value is -0.130. The molecular weight excluding hydrogens is 190 g/mol. The number of rotatable bonds is 2. The minimum absolute atomic E-state index is 0.161. The van der Waals surface area contributed by atoms with Crippen LogP contribution < -0.4 is 4.72 Å². The van der Waals surface area contributed by atoms with Crippen molar-refractivity contribution in [2.45, 2.75) is 51.7 Å². The van der Waals surface area contributed by atoms with Crippen molar-refractivity contribution in [3.63, 3.8) is 0 Å². The van der Waals surface area contributed by atoms with Gasteiger partial charge in [0.2, 0.25) is 0 Å². The third kappa shape index (κ3) is 3.25. The Morgan fingerprint density at radius 1 is 1.54 bits per heavy atom. The van der Waals surface area contributed by atoms with Crippen molar-refractivity contribution < 1.29 is 12.6 Å². The Kier molecular flexibility index (Phi) is 2.99. The van der Waals surface area contributed by atoms with Gasteiger partial charge >= 0.3 is 10.3 Å². The zero-order valence-electron chi connectivity index (χ0n) is 8.33. The van der Waals surface area contributed by atoms with Crippen LogP contribution in [-0.4, -0.2) is 20.1 Å². The zero-order chi connectivity index (χ0) is 10.1. The van der Waals surface area contributed by atoms with Gasteiger partial charge in [0.05, 0.1) is 6.10 Å². The molecule has 1 rings (SSSR count). The van der Waals surface area contributed by atoms with Crippen LogP contribution in [0.5, 0.6) is 0 Å². The predicted molar refractivity (Wildman–Crippen MR) is 50.5 cm³/mol. The Morgan fingerprint density at radius 3 is 2.62 bits per heavy atom. The normalized spacial score (nSPS) is 31.5. The summed E-state index contributed by atoms with van der Waals surface area (Å²) < 4.78 is 29.8. The average Bonchev–Trinajstić information content (AvgIpc) is 1.78. The summed E-state index contributed by atoms with van der Waals surface area (Å²) in [6, 6.07) is 0. The lowest BCUT2D eigenvalue weighted by atomic mass is 9.96. The zero-order valence-corrected chi connectivity index (χ0v) is 9.15. The molecule has 0 aliphatic carbocycles. The van der Waals surface area contributed by atoms with Crippen molar-refractivity contribution in [1.82, 2.24) is 4.72 Å². The van der Waals surface area contributed by atoms with Gasteiger partial charge in [0.1, 0.15) is 0 Å². The van der Waals surface area contributed by atoms with Crippen LogP contribution in [-0.2, 0) is 14.5 Å². The van der Waals surface area contributed by atoms with Gasteiger partial charge in [0.25, 0.3) is 0 Å². The third-order valence-corrected chi connectivity index (χ3v) is 3.34. The van der Waals surface area contributed by atoms with Crippen LogP contribution in [0.25, 0.3) is 0 Å². The monoisotopic (exact) mass is 207 g/mol. The van der Waals surface area contributed by atoms with Gasteiger partial charge in [-0.05, 0) is 26.7 Å². The van der Waals surface area contributed by atoms with Crippen molar-refractivity contribution in [3.8, 4) is 0 Å². The van der Waals surface area contributed by atoms with E-state index in [-0.39, 0.29) is 11.6 Å². The highest BCUT2D eigenvalue weighted by Gasteiger charge is 2.36. The highest BCUT2D eigenvalue weighted by molar-refractivity contribution is 7.84. The maximum absolute atomic E-state index is 11.2. The van der Waals surface area contributed by atoms with E-state index >= 15 is 0 Å². The molecule has 1 aliphatic rings. The van der Waals surface area contributed by atoms with Crippen LogP contribution in [0.4, 0.5) is 0 Å². The van der Waals surface area contributed by atoms with Crippen LogP contribution in [0, 0.1) is 0 Å². The van der Waals surface area contributed by atoms with Crippen LogP contribution >= 0.6 is 0 Å². The second kappa shape index (κ2) is 3.55. The van der Waals surface area contributed by atoms with E-state index < -0.39 is 10.3 Å². The Labute approximate surface area is 79.9 Å². The lowest BCUT2D eigenvalue weighted by molar-refractivity contribution is 0.123. The molecule has 0 unspecified atom stereocenters. The third-order valence-electron chi connectivity index (χ3n) is 2.01. The highest BCUT2D eigenvalue weighted by Crippen LogP contribution is 2.24. The topological polar surface area (TPSA) is 55.4 Å². The predicted octanol–water partition coefficient (Wildman–Crippen LogP) is 1.19. The molecule has 0 aromatic rings. The largest absolute Gasteiger partial charge is 0.336 e. The number of hydrogen-bond donors (Lipinski definition) is 1. The second-order valence-electron chi connectivity index (χ2n) is 4.15. The molecule has 0 aromatic heterocycles. The summed E-state index contributed by atoms with van der Waals surface area (Å²) >= 11 is 0. The summed E-state index contributed by atoms with van der Waals surface area (Å²) in [5, 5.41) is 0. The Balaban J connectivity index is 2.72. The first-order chi connectivity index (χ1) is 5.85. The Bertz CT molecular complexity index is 271. The molecule has 0 bridgehead atoms. The molecule has 78 valence electrons. The maximum atomic E-state index is 11.2. The standard InChI is InChI=1S/C8H17NO3S/c1-4-5-7-6-8(2,3)9-13(10,11)12-7/h7,9H,4-6H2,1-3H3/t7-/m1/s1. The molecule has 13 heavy (non-hydrogen) atoms. The van der Waals surface area contributed by atoms with E-state index in [4.69, 9.17) is 4.18 Å². The van der Waals surface area contributed by atoms with Crippen molar-refractivity contribution in [2.75, 3.05) is 0 Å². The van der Waals surface area contributed by atoms with E-state index in [1.807, 2.05) is 20.8 Å². The first-order valence-electron chi connectivity index (χ1n) is 4.57. The minimum Gasteiger partial charge on any atom is -0.255 e. The van der Waals surface area contributed by atoms with Gasteiger partial charge in [-0.3, -0.25) is 4.18 Å². The number of hydrogen-bond acceptors (Lipinski definition) is 3. The van der Waals surface area contributed by atoms with E-state index in [9.17, 15) is 8.42 Å². The quantitative estimate of drug-likeness (QED) is 0.740. The highest BCUT2D eigenvalue weighted by atomic mass is 32.2. The molecule has 5 heteroatoms.